The van der Waals surface area contributed by atoms with E-state index in [1.54, 1.807) is 0 Å². The highest BCUT2D eigenvalue weighted by Gasteiger charge is 2.16. The molecule has 1 aromatic rings. The fourth-order valence-electron chi connectivity index (χ4n) is 3.38. The Morgan fingerprint density at radius 1 is 0.714 bits per heavy atom. The van der Waals surface area contributed by atoms with Gasteiger partial charge in [-0.3, -0.25) is 9.59 Å². The summed E-state index contributed by atoms with van der Waals surface area (Å²) >= 11 is 0. The molecular weight excluding hydrogens is 348 g/mol. The highest BCUT2D eigenvalue weighted by atomic mass is 16.2. The van der Waals surface area contributed by atoms with Crippen LogP contribution in [0.15, 0.2) is 24.3 Å². The molecule has 2 amide bonds. The monoisotopic (exact) mass is 388 g/mol. The molecule has 0 bridgehead atoms. The maximum absolute atomic E-state index is 12.3. The molecule has 1 rings (SSSR count). The molecule has 2 unspecified atom stereocenters. The summed E-state index contributed by atoms with van der Waals surface area (Å²) < 4.78 is 0. The van der Waals surface area contributed by atoms with Gasteiger partial charge in [-0.1, -0.05) is 77.6 Å². The van der Waals surface area contributed by atoms with Crippen molar-refractivity contribution in [2.45, 2.75) is 92.2 Å². The number of hydrogen-bond acceptors (Lipinski definition) is 2. The van der Waals surface area contributed by atoms with E-state index in [0.717, 1.165) is 62.5 Å². The first-order chi connectivity index (χ1) is 13.5. The van der Waals surface area contributed by atoms with Gasteiger partial charge < -0.3 is 10.6 Å². The van der Waals surface area contributed by atoms with E-state index >= 15 is 0 Å². The molecule has 0 radical (unpaired) electrons. The second-order valence-electron chi connectivity index (χ2n) is 7.75. The quantitative estimate of drug-likeness (QED) is 0.451. The Hall–Kier alpha value is -1.84. The van der Waals surface area contributed by atoms with Crippen molar-refractivity contribution in [3.8, 4) is 0 Å². The maximum Gasteiger partial charge on any atom is 0.223 e. The fraction of sp³-hybridized carbons (Fsp3) is 0.667. The Morgan fingerprint density at radius 3 is 1.36 bits per heavy atom. The summed E-state index contributed by atoms with van der Waals surface area (Å²) in [6.45, 7) is 9.58. The van der Waals surface area contributed by atoms with Crippen LogP contribution in [0.3, 0.4) is 0 Å². The summed E-state index contributed by atoms with van der Waals surface area (Å²) in [6.07, 6.45) is 8.16. The summed E-state index contributed by atoms with van der Waals surface area (Å²) in [5.74, 6) is 0.553. The lowest BCUT2D eigenvalue weighted by atomic mass is 9.98. The van der Waals surface area contributed by atoms with Gasteiger partial charge in [-0.15, -0.1) is 0 Å². The van der Waals surface area contributed by atoms with Crippen LogP contribution in [-0.2, 0) is 22.7 Å². The van der Waals surface area contributed by atoms with Crippen molar-refractivity contribution in [2.75, 3.05) is 0 Å². The zero-order valence-electron chi connectivity index (χ0n) is 18.4. The van der Waals surface area contributed by atoms with Crippen LogP contribution in [0.5, 0.6) is 0 Å². The van der Waals surface area contributed by atoms with Crippen LogP contribution in [0.4, 0.5) is 0 Å². The van der Waals surface area contributed by atoms with E-state index in [1.165, 1.54) is 0 Å². The second-order valence-corrected chi connectivity index (χ2v) is 7.75. The van der Waals surface area contributed by atoms with Gasteiger partial charge in [-0.25, -0.2) is 0 Å². The van der Waals surface area contributed by atoms with Gasteiger partial charge in [0.25, 0.3) is 0 Å². The van der Waals surface area contributed by atoms with Crippen molar-refractivity contribution in [2.24, 2.45) is 11.8 Å². The SMILES string of the molecule is CCCCC(CC)C(=O)NCc1ccc(CNC(=O)C(CC)CCCC)cc1. The number of nitrogens with one attached hydrogen (secondary N) is 2. The molecule has 2 atom stereocenters. The smallest absolute Gasteiger partial charge is 0.223 e. The number of hydrogen-bond donors (Lipinski definition) is 2. The number of rotatable bonds is 14. The third-order valence-corrected chi connectivity index (χ3v) is 5.50. The van der Waals surface area contributed by atoms with Crippen LogP contribution < -0.4 is 10.6 Å². The molecule has 0 spiro atoms. The number of amides is 2. The van der Waals surface area contributed by atoms with E-state index in [-0.39, 0.29) is 23.7 Å². The van der Waals surface area contributed by atoms with Gasteiger partial charge in [-0.05, 0) is 36.8 Å². The molecule has 4 heteroatoms. The third kappa shape index (κ3) is 8.90. The summed E-state index contributed by atoms with van der Waals surface area (Å²) in [6, 6.07) is 8.12. The predicted molar refractivity (Wildman–Crippen MR) is 117 cm³/mol. The predicted octanol–water partition coefficient (Wildman–Crippen LogP) is 5.35. The van der Waals surface area contributed by atoms with Crippen LogP contribution in [0.1, 0.15) is 90.2 Å². The molecule has 158 valence electrons. The van der Waals surface area contributed by atoms with Gasteiger partial charge in [0, 0.05) is 24.9 Å². The first kappa shape index (κ1) is 24.2. The molecule has 1 aromatic carbocycles. The molecular formula is C24H40N2O2. The zero-order chi connectivity index (χ0) is 20.8. The van der Waals surface area contributed by atoms with Crippen LogP contribution in [0.25, 0.3) is 0 Å². The van der Waals surface area contributed by atoms with Crippen LogP contribution in [0.2, 0.25) is 0 Å². The second kappa shape index (κ2) is 14.2. The fourth-order valence-corrected chi connectivity index (χ4v) is 3.38. The van der Waals surface area contributed by atoms with Crippen molar-refractivity contribution in [1.29, 1.82) is 0 Å². The summed E-state index contributed by atoms with van der Waals surface area (Å²) in [7, 11) is 0. The highest BCUT2D eigenvalue weighted by Crippen LogP contribution is 2.14. The lowest BCUT2D eigenvalue weighted by Crippen LogP contribution is -2.30. The Bertz CT molecular complexity index is 517. The molecule has 0 aliphatic carbocycles. The standard InChI is InChI=1S/C24H40N2O2/c1-5-9-11-21(7-3)23(27)25-17-19-13-15-20(16-14-19)18-26-24(28)22(8-4)12-10-6-2/h13-16,21-22H,5-12,17-18H2,1-4H3,(H,25,27)(H,26,28). The van der Waals surface area contributed by atoms with Crippen LogP contribution >= 0.6 is 0 Å². The first-order valence-corrected chi connectivity index (χ1v) is 11.2. The van der Waals surface area contributed by atoms with E-state index in [9.17, 15) is 9.59 Å². The van der Waals surface area contributed by atoms with E-state index in [1.807, 2.05) is 24.3 Å². The molecule has 0 saturated carbocycles. The van der Waals surface area contributed by atoms with E-state index in [4.69, 9.17) is 0 Å². The molecule has 0 heterocycles. The zero-order valence-corrected chi connectivity index (χ0v) is 18.4. The average Bonchev–Trinajstić information content (AvgIpc) is 2.72. The van der Waals surface area contributed by atoms with Crippen LogP contribution in [-0.4, -0.2) is 11.8 Å². The molecule has 2 N–H and O–H groups in total. The van der Waals surface area contributed by atoms with Crippen molar-refractivity contribution in [3.05, 3.63) is 35.4 Å². The molecule has 0 aliphatic rings. The minimum atomic E-state index is 0.119. The van der Waals surface area contributed by atoms with Crippen molar-refractivity contribution < 1.29 is 9.59 Å². The van der Waals surface area contributed by atoms with Gasteiger partial charge in [-0.2, -0.15) is 0 Å². The Morgan fingerprint density at radius 2 is 1.07 bits per heavy atom. The topological polar surface area (TPSA) is 58.2 Å². The Labute approximate surface area is 171 Å². The van der Waals surface area contributed by atoms with Crippen LogP contribution in [0, 0.1) is 11.8 Å². The molecule has 4 nitrogen and oxygen atoms in total. The Kier molecular flexibility index (Phi) is 12.3. The van der Waals surface area contributed by atoms with Crippen molar-refractivity contribution >= 4 is 11.8 Å². The van der Waals surface area contributed by atoms with Crippen molar-refractivity contribution in [1.82, 2.24) is 10.6 Å². The van der Waals surface area contributed by atoms with Gasteiger partial charge in [0.1, 0.15) is 0 Å². The summed E-state index contributed by atoms with van der Waals surface area (Å²) in [4.78, 5) is 24.6. The van der Waals surface area contributed by atoms with Gasteiger partial charge in [0.15, 0.2) is 0 Å². The van der Waals surface area contributed by atoms with E-state index in [0.29, 0.717) is 13.1 Å². The lowest BCUT2D eigenvalue weighted by Gasteiger charge is -2.15. The van der Waals surface area contributed by atoms with Crippen molar-refractivity contribution in [3.63, 3.8) is 0 Å². The number of unbranched alkanes of at least 4 members (excludes halogenated alkanes) is 2. The summed E-state index contributed by atoms with van der Waals surface area (Å²) in [5.41, 5.74) is 2.17. The molecule has 28 heavy (non-hydrogen) atoms. The lowest BCUT2D eigenvalue weighted by molar-refractivity contribution is -0.126. The number of carbonyl (C=O) groups excluding carboxylic acids is 2. The first-order valence-electron chi connectivity index (χ1n) is 11.2. The third-order valence-electron chi connectivity index (χ3n) is 5.50. The van der Waals surface area contributed by atoms with Gasteiger partial charge in [0.2, 0.25) is 11.8 Å². The number of benzene rings is 1. The minimum absolute atomic E-state index is 0.119. The highest BCUT2D eigenvalue weighted by molar-refractivity contribution is 5.79. The largest absolute Gasteiger partial charge is 0.352 e. The molecule has 0 aromatic heterocycles. The Balaban J connectivity index is 2.44. The molecule has 0 saturated heterocycles. The van der Waals surface area contributed by atoms with Gasteiger partial charge in [0.05, 0.1) is 0 Å². The molecule has 0 aliphatic heterocycles. The van der Waals surface area contributed by atoms with E-state index in [2.05, 4.69) is 38.3 Å². The minimum Gasteiger partial charge on any atom is -0.352 e. The maximum atomic E-state index is 12.3. The average molecular weight is 389 g/mol. The molecule has 0 fully saturated rings. The van der Waals surface area contributed by atoms with E-state index < -0.39 is 0 Å². The summed E-state index contributed by atoms with van der Waals surface area (Å²) in [5, 5.41) is 6.12. The van der Waals surface area contributed by atoms with Gasteiger partial charge >= 0.3 is 0 Å². The normalized spacial score (nSPS) is 13.0. The number of carbonyl (C=O) groups is 2.